The van der Waals surface area contributed by atoms with Crippen molar-refractivity contribution in [2.45, 2.75) is 26.3 Å². The molecule has 0 saturated carbocycles. The van der Waals surface area contributed by atoms with Gasteiger partial charge in [-0.25, -0.2) is 4.79 Å². The highest BCUT2D eigenvalue weighted by Crippen LogP contribution is 2.39. The van der Waals surface area contributed by atoms with Crippen LogP contribution in [-0.4, -0.2) is 10.7 Å². The van der Waals surface area contributed by atoms with Gasteiger partial charge in [-0.2, -0.15) is 13.2 Å². The van der Waals surface area contributed by atoms with Gasteiger partial charge in [-0.05, 0) is 36.8 Å². The molecule has 3 N–H and O–H groups in total. The number of hydrogen-bond acceptors (Lipinski definition) is 3. The highest BCUT2D eigenvalue weighted by molar-refractivity contribution is 6.01. The molecule has 33 heavy (non-hydrogen) atoms. The molecule has 3 aromatic carbocycles. The maximum atomic E-state index is 13.2. The molecule has 0 bridgehead atoms. The van der Waals surface area contributed by atoms with Crippen LogP contribution in [-0.2, 0) is 24.1 Å². The fourth-order valence-electron chi connectivity index (χ4n) is 3.78. The number of carbonyl (C=O) groups excluding carboxylic acids is 1. The van der Waals surface area contributed by atoms with Gasteiger partial charge in [-0.1, -0.05) is 48.5 Å². The zero-order valence-corrected chi connectivity index (χ0v) is 17.8. The van der Waals surface area contributed by atoms with Crippen molar-refractivity contribution in [1.29, 1.82) is 0 Å². The van der Waals surface area contributed by atoms with E-state index in [1.165, 1.54) is 6.07 Å². The van der Waals surface area contributed by atoms with Gasteiger partial charge >= 0.3 is 12.3 Å². The molecule has 0 aliphatic carbocycles. The van der Waals surface area contributed by atoms with E-state index >= 15 is 0 Å². The van der Waals surface area contributed by atoms with Crippen LogP contribution < -0.4 is 11.1 Å². The Balaban J connectivity index is 1.56. The topological polar surface area (TPSA) is 69.3 Å². The monoisotopic (exact) mass is 453 g/mol. The van der Waals surface area contributed by atoms with Gasteiger partial charge in [0.15, 0.2) is 0 Å². The van der Waals surface area contributed by atoms with Gasteiger partial charge < -0.3 is 15.0 Å². The van der Waals surface area contributed by atoms with Gasteiger partial charge in [0, 0.05) is 23.2 Å². The maximum Gasteiger partial charge on any atom is 0.416 e. The van der Waals surface area contributed by atoms with Crippen molar-refractivity contribution in [2.75, 3.05) is 11.1 Å². The molecule has 0 fully saturated rings. The molecule has 4 aromatic rings. The predicted octanol–water partition coefficient (Wildman–Crippen LogP) is 6.68. The first-order chi connectivity index (χ1) is 15.8. The van der Waals surface area contributed by atoms with E-state index in [9.17, 15) is 18.0 Å². The van der Waals surface area contributed by atoms with Crippen molar-refractivity contribution < 1.29 is 22.7 Å². The summed E-state index contributed by atoms with van der Waals surface area (Å²) in [5, 5.41) is 3.22. The summed E-state index contributed by atoms with van der Waals surface area (Å²) in [7, 11) is 0. The number of ether oxygens (including phenoxy) is 1. The molecule has 0 aliphatic rings. The average molecular weight is 453 g/mol. The van der Waals surface area contributed by atoms with Crippen LogP contribution in [0.5, 0.6) is 0 Å². The molecule has 0 aliphatic heterocycles. The van der Waals surface area contributed by atoms with Crippen LogP contribution in [0.15, 0.2) is 72.8 Å². The van der Waals surface area contributed by atoms with Crippen LogP contribution in [0.25, 0.3) is 22.2 Å². The van der Waals surface area contributed by atoms with Crippen LogP contribution in [0.2, 0.25) is 0 Å². The minimum absolute atomic E-state index is 0.151. The lowest BCUT2D eigenvalue weighted by atomic mass is 10.1. The van der Waals surface area contributed by atoms with E-state index in [-0.39, 0.29) is 6.61 Å². The lowest BCUT2D eigenvalue weighted by molar-refractivity contribution is -0.137. The van der Waals surface area contributed by atoms with Crippen molar-refractivity contribution in [3.05, 3.63) is 83.9 Å². The van der Waals surface area contributed by atoms with E-state index in [4.69, 9.17) is 10.5 Å². The molecule has 0 spiro atoms. The molecule has 4 rings (SSSR count). The minimum atomic E-state index is -4.44. The minimum Gasteiger partial charge on any atom is -0.444 e. The Morgan fingerprint density at radius 3 is 2.36 bits per heavy atom. The largest absolute Gasteiger partial charge is 0.444 e. The molecular weight excluding hydrogens is 431 g/mol. The van der Waals surface area contributed by atoms with Gasteiger partial charge in [-0.3, -0.25) is 5.32 Å². The number of nitrogens with one attached hydrogen (secondary N) is 1. The van der Waals surface area contributed by atoms with Gasteiger partial charge in [0.25, 0.3) is 0 Å². The van der Waals surface area contributed by atoms with Crippen molar-refractivity contribution in [3.8, 4) is 11.3 Å². The Hall–Kier alpha value is -3.94. The Labute approximate surface area is 188 Å². The third-order valence-corrected chi connectivity index (χ3v) is 5.36. The highest BCUT2D eigenvalue weighted by Gasteiger charge is 2.31. The smallest absolute Gasteiger partial charge is 0.416 e. The van der Waals surface area contributed by atoms with E-state index in [0.29, 0.717) is 34.5 Å². The number of aryl methyl sites for hydroxylation is 1. The van der Waals surface area contributed by atoms with Crippen molar-refractivity contribution in [2.24, 2.45) is 0 Å². The number of nitrogens with zero attached hydrogens (tertiary/aromatic N) is 1. The van der Waals surface area contributed by atoms with Crippen LogP contribution in [0.1, 0.15) is 18.1 Å². The summed E-state index contributed by atoms with van der Waals surface area (Å²) >= 11 is 0. The summed E-state index contributed by atoms with van der Waals surface area (Å²) in [4.78, 5) is 12.1. The SMILES string of the molecule is CCn1c(-c2ccc(NC(=O)OCc3ccccc3)cc2)c(N)c2ccc(C(F)(F)F)cc21. The normalized spacial score (nSPS) is 11.5. The van der Waals surface area contributed by atoms with E-state index in [0.717, 1.165) is 23.3 Å². The van der Waals surface area contributed by atoms with E-state index in [2.05, 4.69) is 5.32 Å². The van der Waals surface area contributed by atoms with Gasteiger partial charge in [0.05, 0.1) is 22.5 Å². The fourth-order valence-corrected chi connectivity index (χ4v) is 3.78. The molecule has 0 saturated heterocycles. The molecule has 0 atom stereocenters. The van der Waals surface area contributed by atoms with Crippen LogP contribution in [0, 0.1) is 0 Å². The molecule has 1 heterocycles. The van der Waals surface area contributed by atoms with Crippen LogP contribution in [0.3, 0.4) is 0 Å². The highest BCUT2D eigenvalue weighted by atomic mass is 19.4. The number of alkyl halides is 3. The summed E-state index contributed by atoms with van der Waals surface area (Å²) in [5.41, 5.74) is 9.19. The number of nitrogen functional groups attached to an aromatic ring is 1. The van der Waals surface area contributed by atoms with Gasteiger partial charge in [0.2, 0.25) is 0 Å². The quantitative estimate of drug-likeness (QED) is 0.354. The lowest BCUT2D eigenvalue weighted by Crippen LogP contribution is -2.13. The first-order valence-corrected chi connectivity index (χ1v) is 10.3. The molecule has 1 amide bonds. The zero-order valence-electron chi connectivity index (χ0n) is 17.8. The van der Waals surface area contributed by atoms with Crippen LogP contribution >= 0.6 is 0 Å². The number of anilines is 2. The van der Waals surface area contributed by atoms with E-state index in [1.807, 2.05) is 37.3 Å². The maximum absolute atomic E-state index is 13.2. The number of amides is 1. The Kier molecular flexibility index (Phi) is 6.00. The second-order valence-corrected chi connectivity index (χ2v) is 7.50. The second kappa shape index (κ2) is 8.90. The van der Waals surface area contributed by atoms with Gasteiger partial charge in [0.1, 0.15) is 6.61 Å². The summed E-state index contributed by atoms with van der Waals surface area (Å²) in [6, 6.07) is 19.8. The van der Waals surface area contributed by atoms with E-state index in [1.54, 1.807) is 28.8 Å². The van der Waals surface area contributed by atoms with Crippen LogP contribution in [0.4, 0.5) is 29.3 Å². The third-order valence-electron chi connectivity index (χ3n) is 5.36. The summed E-state index contributed by atoms with van der Waals surface area (Å²) in [6.45, 7) is 2.44. The van der Waals surface area contributed by atoms with Crippen molar-refractivity contribution in [3.63, 3.8) is 0 Å². The number of hydrogen-bond donors (Lipinski definition) is 2. The Morgan fingerprint density at radius 2 is 1.73 bits per heavy atom. The summed E-state index contributed by atoms with van der Waals surface area (Å²) in [6.07, 6.45) is -5.03. The Bertz CT molecular complexity index is 1280. The fraction of sp³-hybridized carbons (Fsp3) is 0.160. The number of halogens is 3. The lowest BCUT2D eigenvalue weighted by Gasteiger charge is -2.11. The van der Waals surface area contributed by atoms with Crippen molar-refractivity contribution >= 4 is 28.4 Å². The Morgan fingerprint density at radius 1 is 1.03 bits per heavy atom. The number of rotatable bonds is 5. The molecule has 1 aromatic heterocycles. The molecular formula is C25H22F3N3O2. The average Bonchev–Trinajstić information content (AvgIpc) is 3.09. The molecule has 5 nitrogen and oxygen atoms in total. The number of nitrogens with two attached hydrogens (primary N) is 1. The number of carbonyl (C=O) groups is 1. The van der Waals surface area contributed by atoms with Crippen molar-refractivity contribution in [1.82, 2.24) is 4.57 Å². The zero-order chi connectivity index (χ0) is 23.6. The standard InChI is InChI=1S/C25H22F3N3O2/c1-2-31-21-14-18(25(26,27)28)10-13-20(21)22(29)23(31)17-8-11-19(12-9-17)30-24(32)33-15-16-6-4-3-5-7-16/h3-14H,2,15,29H2,1H3,(H,30,32). The predicted molar refractivity (Wildman–Crippen MR) is 123 cm³/mol. The summed E-state index contributed by atoms with van der Waals surface area (Å²) < 4.78 is 46.6. The third kappa shape index (κ3) is 4.64. The van der Waals surface area contributed by atoms with E-state index < -0.39 is 17.8 Å². The first-order valence-electron chi connectivity index (χ1n) is 10.3. The molecule has 0 unspecified atom stereocenters. The molecule has 8 heteroatoms. The molecule has 170 valence electrons. The number of aromatic nitrogens is 1. The molecule has 0 radical (unpaired) electrons. The number of benzene rings is 3. The second-order valence-electron chi connectivity index (χ2n) is 7.50. The summed E-state index contributed by atoms with van der Waals surface area (Å²) in [5.74, 6) is 0. The number of fused-ring (bicyclic) bond motifs is 1. The van der Waals surface area contributed by atoms with Gasteiger partial charge in [-0.15, -0.1) is 0 Å². The first kappa shape index (κ1) is 22.3.